The first-order valence-corrected chi connectivity index (χ1v) is 11.9. The predicted octanol–water partition coefficient (Wildman–Crippen LogP) is 4.58. The molecule has 0 aliphatic rings. The van der Waals surface area contributed by atoms with E-state index >= 15 is 0 Å². The number of rotatable bonds is 8. The summed E-state index contributed by atoms with van der Waals surface area (Å²) in [6.45, 7) is 2.90. The van der Waals surface area contributed by atoms with Crippen LogP contribution in [0.2, 0.25) is 0 Å². The van der Waals surface area contributed by atoms with Crippen molar-refractivity contribution in [1.29, 1.82) is 0 Å². The van der Waals surface area contributed by atoms with Crippen LogP contribution < -0.4 is 15.0 Å². The number of para-hydroxylation sites is 2. The molecule has 3 aromatic carbocycles. The van der Waals surface area contributed by atoms with Gasteiger partial charge in [0, 0.05) is 11.3 Å². The molecule has 34 heavy (non-hydrogen) atoms. The van der Waals surface area contributed by atoms with E-state index in [0.717, 1.165) is 28.1 Å². The Balaban J connectivity index is 1.49. The van der Waals surface area contributed by atoms with Crippen LogP contribution in [-0.4, -0.2) is 38.6 Å². The molecule has 0 aliphatic heterocycles. The van der Waals surface area contributed by atoms with Gasteiger partial charge in [-0.3, -0.25) is 13.8 Å². The van der Waals surface area contributed by atoms with E-state index in [1.807, 2.05) is 84.1 Å². The number of methoxy groups -OCH3 is 1. The summed E-state index contributed by atoms with van der Waals surface area (Å²) in [5.74, 6) is 2.76. The first-order valence-electron chi connectivity index (χ1n) is 11.0. The third-order valence-corrected chi connectivity index (χ3v) is 6.47. The second-order valence-electron chi connectivity index (χ2n) is 7.85. The molecule has 5 rings (SSSR count). The highest BCUT2D eigenvalue weighted by Crippen LogP contribution is 2.24. The molecule has 0 amide bonds. The van der Waals surface area contributed by atoms with Crippen LogP contribution >= 0.6 is 11.8 Å². The highest BCUT2D eigenvalue weighted by Gasteiger charge is 2.18. The number of aromatic nitrogens is 4. The molecule has 0 aliphatic carbocycles. The van der Waals surface area contributed by atoms with Crippen molar-refractivity contribution in [3.05, 3.63) is 94.3 Å². The van der Waals surface area contributed by atoms with Crippen molar-refractivity contribution in [2.24, 2.45) is 0 Å². The standard InChI is InChI=1S/C26H24N4O3S/c1-18-8-7-10-20(16-18)33-14-15-34-26-28-27-25-29(17-19-9-3-6-13-23(19)32-2)24(31)21-11-4-5-12-22(21)30(25)26/h3-13,16H,14-15,17H2,1-2H3. The van der Waals surface area contributed by atoms with Gasteiger partial charge in [-0.25, -0.2) is 0 Å². The molecule has 5 aromatic rings. The first kappa shape index (κ1) is 22.0. The molecule has 2 aromatic heterocycles. The number of thioether (sulfide) groups is 1. The molecule has 0 unspecified atom stereocenters. The summed E-state index contributed by atoms with van der Waals surface area (Å²) in [6.07, 6.45) is 0. The van der Waals surface area contributed by atoms with Crippen LogP contribution in [0.4, 0.5) is 0 Å². The van der Waals surface area contributed by atoms with Gasteiger partial charge in [0.15, 0.2) is 5.16 Å². The lowest BCUT2D eigenvalue weighted by Gasteiger charge is -2.13. The van der Waals surface area contributed by atoms with E-state index in [1.54, 1.807) is 23.4 Å². The molecule has 0 saturated carbocycles. The Hall–Kier alpha value is -3.78. The minimum Gasteiger partial charge on any atom is -0.496 e. The maximum atomic E-state index is 13.4. The molecule has 8 heteroatoms. The fourth-order valence-corrected chi connectivity index (χ4v) is 4.73. The van der Waals surface area contributed by atoms with Crippen molar-refractivity contribution in [3.63, 3.8) is 0 Å². The van der Waals surface area contributed by atoms with E-state index in [1.165, 1.54) is 0 Å². The zero-order chi connectivity index (χ0) is 23.5. The zero-order valence-corrected chi connectivity index (χ0v) is 19.8. The summed E-state index contributed by atoms with van der Waals surface area (Å²) in [5, 5.41) is 10.2. The first-order chi connectivity index (χ1) is 16.7. The third-order valence-electron chi connectivity index (χ3n) is 5.57. The van der Waals surface area contributed by atoms with E-state index in [4.69, 9.17) is 9.47 Å². The van der Waals surface area contributed by atoms with E-state index in [9.17, 15) is 4.79 Å². The number of hydrogen-bond acceptors (Lipinski definition) is 6. The van der Waals surface area contributed by atoms with Gasteiger partial charge in [-0.05, 0) is 42.8 Å². The molecule has 0 bridgehead atoms. The number of benzene rings is 3. The molecule has 0 fully saturated rings. The van der Waals surface area contributed by atoms with Crippen LogP contribution in [0.1, 0.15) is 11.1 Å². The SMILES string of the molecule is COc1ccccc1Cn1c(=O)c2ccccc2n2c(SCCOc3cccc(C)c3)nnc12. The van der Waals surface area contributed by atoms with Gasteiger partial charge < -0.3 is 9.47 Å². The van der Waals surface area contributed by atoms with Gasteiger partial charge in [-0.1, -0.05) is 54.2 Å². The third kappa shape index (κ3) is 4.24. The molecule has 0 atom stereocenters. The Morgan fingerprint density at radius 3 is 2.65 bits per heavy atom. The van der Waals surface area contributed by atoms with Gasteiger partial charge in [0.1, 0.15) is 11.5 Å². The van der Waals surface area contributed by atoms with Crippen molar-refractivity contribution in [1.82, 2.24) is 19.2 Å². The Kier molecular flexibility index (Phi) is 6.22. The van der Waals surface area contributed by atoms with E-state index in [2.05, 4.69) is 10.2 Å². The summed E-state index contributed by atoms with van der Waals surface area (Å²) in [4.78, 5) is 13.4. The van der Waals surface area contributed by atoms with E-state index in [-0.39, 0.29) is 5.56 Å². The van der Waals surface area contributed by atoms with Crippen molar-refractivity contribution < 1.29 is 9.47 Å². The van der Waals surface area contributed by atoms with Crippen LogP contribution in [-0.2, 0) is 6.54 Å². The second kappa shape index (κ2) is 9.61. The Bertz CT molecular complexity index is 1530. The van der Waals surface area contributed by atoms with Crippen molar-refractivity contribution in [2.45, 2.75) is 18.6 Å². The molecule has 172 valence electrons. The topological polar surface area (TPSA) is 70.7 Å². The molecular weight excluding hydrogens is 448 g/mol. The number of ether oxygens (including phenoxy) is 2. The van der Waals surface area contributed by atoms with Crippen molar-refractivity contribution >= 4 is 28.4 Å². The quantitative estimate of drug-likeness (QED) is 0.243. The maximum absolute atomic E-state index is 13.4. The number of fused-ring (bicyclic) bond motifs is 3. The molecule has 2 heterocycles. The zero-order valence-electron chi connectivity index (χ0n) is 19.0. The fraction of sp³-hybridized carbons (Fsp3) is 0.192. The van der Waals surface area contributed by atoms with Crippen LogP contribution in [0.25, 0.3) is 16.7 Å². The molecule has 0 saturated heterocycles. The van der Waals surface area contributed by atoms with E-state index < -0.39 is 0 Å². The lowest BCUT2D eigenvalue weighted by molar-refractivity contribution is 0.343. The molecule has 0 N–H and O–H groups in total. The van der Waals surface area contributed by atoms with Crippen LogP contribution in [0.5, 0.6) is 11.5 Å². The number of nitrogens with zero attached hydrogens (tertiary/aromatic N) is 4. The smallest absolute Gasteiger partial charge is 0.263 e. The molecular formula is C26H24N4O3S. The predicted molar refractivity (Wildman–Crippen MR) is 134 cm³/mol. The minimum absolute atomic E-state index is 0.110. The highest BCUT2D eigenvalue weighted by molar-refractivity contribution is 7.99. The average molecular weight is 473 g/mol. The van der Waals surface area contributed by atoms with Gasteiger partial charge in [0.25, 0.3) is 5.56 Å². The van der Waals surface area contributed by atoms with Crippen molar-refractivity contribution in [3.8, 4) is 11.5 Å². The van der Waals surface area contributed by atoms with Crippen LogP contribution in [0.15, 0.2) is 82.7 Å². The Morgan fingerprint density at radius 2 is 1.79 bits per heavy atom. The molecule has 0 spiro atoms. The van der Waals surface area contributed by atoms with Crippen molar-refractivity contribution in [2.75, 3.05) is 19.5 Å². The van der Waals surface area contributed by atoms with Gasteiger partial charge in [0.2, 0.25) is 5.78 Å². The summed E-state index contributed by atoms with van der Waals surface area (Å²) in [6, 6.07) is 23.2. The lowest BCUT2D eigenvalue weighted by Crippen LogP contribution is -2.24. The van der Waals surface area contributed by atoms with Gasteiger partial charge in [-0.2, -0.15) is 0 Å². The van der Waals surface area contributed by atoms with E-state index in [0.29, 0.717) is 35.2 Å². The molecule has 7 nitrogen and oxygen atoms in total. The van der Waals surface area contributed by atoms with Gasteiger partial charge in [-0.15, -0.1) is 10.2 Å². The summed E-state index contributed by atoms with van der Waals surface area (Å²) in [7, 11) is 1.63. The number of aryl methyl sites for hydroxylation is 1. The number of hydrogen-bond donors (Lipinski definition) is 0. The maximum Gasteiger partial charge on any atom is 0.263 e. The fourth-order valence-electron chi connectivity index (χ4n) is 3.97. The highest BCUT2D eigenvalue weighted by atomic mass is 32.2. The average Bonchev–Trinajstić information content (AvgIpc) is 3.28. The lowest BCUT2D eigenvalue weighted by atomic mass is 10.2. The van der Waals surface area contributed by atoms with Gasteiger partial charge in [0.05, 0.1) is 31.2 Å². The largest absolute Gasteiger partial charge is 0.496 e. The van der Waals surface area contributed by atoms with Crippen LogP contribution in [0, 0.1) is 6.92 Å². The summed E-state index contributed by atoms with van der Waals surface area (Å²) >= 11 is 1.55. The second-order valence-corrected chi connectivity index (χ2v) is 8.91. The summed E-state index contributed by atoms with van der Waals surface area (Å²) < 4.78 is 15.0. The van der Waals surface area contributed by atoms with Crippen LogP contribution in [0.3, 0.4) is 0 Å². The Labute approximate surface area is 201 Å². The monoisotopic (exact) mass is 472 g/mol. The molecule has 0 radical (unpaired) electrons. The minimum atomic E-state index is -0.110. The van der Waals surface area contributed by atoms with Gasteiger partial charge >= 0.3 is 0 Å². The Morgan fingerprint density at radius 1 is 0.971 bits per heavy atom. The summed E-state index contributed by atoms with van der Waals surface area (Å²) in [5.41, 5.74) is 2.73. The normalized spacial score (nSPS) is 11.2.